The van der Waals surface area contributed by atoms with Gasteiger partial charge in [0, 0.05) is 25.4 Å². The molecule has 0 unspecified atom stereocenters. The number of carbonyl (C=O) groups excluding carboxylic acids is 1. The van der Waals surface area contributed by atoms with E-state index in [0.717, 1.165) is 25.7 Å². The van der Waals surface area contributed by atoms with Crippen LogP contribution in [-0.4, -0.2) is 49.9 Å². The van der Waals surface area contributed by atoms with Gasteiger partial charge in [0.25, 0.3) is 0 Å². The van der Waals surface area contributed by atoms with Crippen LogP contribution in [0.1, 0.15) is 43.6 Å². The van der Waals surface area contributed by atoms with Gasteiger partial charge in [-0.3, -0.25) is 4.79 Å². The molecule has 0 radical (unpaired) electrons. The van der Waals surface area contributed by atoms with Crippen molar-refractivity contribution >= 4 is 28.2 Å². The summed E-state index contributed by atoms with van der Waals surface area (Å²) in [4.78, 5) is 14.4. The Hall–Kier alpha value is -1.11. The molecule has 1 saturated carbocycles. The number of carbonyl (C=O) groups is 1. The topological polar surface area (TPSA) is 80.5 Å². The van der Waals surface area contributed by atoms with Crippen LogP contribution >= 0.6 is 12.4 Å². The number of hydrogen-bond acceptors (Lipinski definition) is 4. The molecule has 3 rings (SSSR count). The molecule has 2 fully saturated rings. The number of sulfone groups is 1. The number of likely N-dealkylation sites (tertiary alicyclic amines) is 1. The lowest BCUT2D eigenvalue weighted by molar-refractivity contribution is -0.129. The van der Waals surface area contributed by atoms with Crippen molar-refractivity contribution in [3.8, 4) is 0 Å². The van der Waals surface area contributed by atoms with Crippen LogP contribution in [0.15, 0.2) is 30.3 Å². The Morgan fingerprint density at radius 3 is 2.38 bits per heavy atom. The molecule has 5 nitrogen and oxygen atoms in total. The van der Waals surface area contributed by atoms with E-state index in [9.17, 15) is 13.2 Å². The lowest BCUT2D eigenvalue weighted by Gasteiger charge is -2.17. The predicted molar refractivity (Wildman–Crippen MR) is 106 cm³/mol. The number of nitrogens with two attached hydrogens (primary N) is 1. The molecule has 0 bridgehead atoms. The number of amides is 1. The van der Waals surface area contributed by atoms with Gasteiger partial charge in [0.05, 0.1) is 11.0 Å². The summed E-state index contributed by atoms with van der Waals surface area (Å²) in [6.45, 7) is 1.79. The minimum atomic E-state index is -3.14. The largest absolute Gasteiger partial charge is 0.342 e. The van der Waals surface area contributed by atoms with Gasteiger partial charge < -0.3 is 10.6 Å². The van der Waals surface area contributed by atoms with E-state index in [1.807, 2.05) is 18.2 Å². The van der Waals surface area contributed by atoms with Gasteiger partial charge in [-0.25, -0.2) is 8.42 Å². The average Bonchev–Trinajstić information content (AvgIpc) is 3.30. The zero-order valence-corrected chi connectivity index (χ0v) is 16.7. The third kappa shape index (κ3) is 4.78. The summed E-state index contributed by atoms with van der Waals surface area (Å²) in [7, 11) is -3.14. The van der Waals surface area contributed by atoms with Gasteiger partial charge in [-0.1, -0.05) is 43.2 Å². The molecule has 2 aliphatic rings. The van der Waals surface area contributed by atoms with E-state index in [4.69, 9.17) is 5.73 Å². The summed E-state index contributed by atoms with van der Waals surface area (Å²) >= 11 is 0. The minimum absolute atomic E-state index is 0. The smallest absolute Gasteiger partial charge is 0.223 e. The van der Waals surface area contributed by atoms with Crippen molar-refractivity contribution < 1.29 is 13.2 Å². The lowest BCUT2D eigenvalue weighted by Crippen LogP contribution is -2.32. The molecule has 1 aliphatic carbocycles. The van der Waals surface area contributed by atoms with Crippen LogP contribution in [0.3, 0.4) is 0 Å². The van der Waals surface area contributed by atoms with E-state index in [-0.39, 0.29) is 47.6 Å². The van der Waals surface area contributed by atoms with Gasteiger partial charge in [0.2, 0.25) is 5.91 Å². The normalized spacial score (nSPS) is 23.8. The second-order valence-electron chi connectivity index (χ2n) is 7.34. The highest BCUT2D eigenvalue weighted by atomic mass is 35.5. The molecule has 1 aromatic rings. The maximum Gasteiger partial charge on any atom is 0.223 e. The molecule has 1 heterocycles. The summed E-state index contributed by atoms with van der Waals surface area (Å²) in [6.07, 6.45) is 3.58. The quantitative estimate of drug-likeness (QED) is 0.794. The zero-order chi connectivity index (χ0) is 17.9. The van der Waals surface area contributed by atoms with Gasteiger partial charge in [0.15, 0.2) is 9.84 Å². The van der Waals surface area contributed by atoms with Crippen LogP contribution in [0.4, 0.5) is 0 Å². The Kier molecular flexibility index (Phi) is 7.50. The van der Waals surface area contributed by atoms with Crippen LogP contribution < -0.4 is 5.73 Å². The highest BCUT2D eigenvalue weighted by Gasteiger charge is 2.36. The third-order valence-corrected chi connectivity index (χ3v) is 8.00. The molecule has 1 aliphatic heterocycles. The fraction of sp³-hybridized carbons (Fsp3) is 0.632. The van der Waals surface area contributed by atoms with Crippen molar-refractivity contribution in [1.82, 2.24) is 4.90 Å². The maximum absolute atomic E-state index is 12.6. The number of nitrogens with zero attached hydrogens (tertiary/aromatic N) is 1. The molecule has 2 N–H and O–H groups in total. The second-order valence-corrected chi connectivity index (χ2v) is 9.74. The molecule has 1 aromatic carbocycles. The van der Waals surface area contributed by atoms with Crippen LogP contribution in [0.5, 0.6) is 0 Å². The molecule has 0 aromatic heterocycles. The summed E-state index contributed by atoms with van der Waals surface area (Å²) in [5.74, 6) is 0.397. The Balaban J connectivity index is 0.00000243. The summed E-state index contributed by atoms with van der Waals surface area (Å²) in [5, 5.41) is -0.229. The molecule has 146 valence electrons. The van der Waals surface area contributed by atoms with E-state index in [1.54, 1.807) is 4.90 Å². The van der Waals surface area contributed by atoms with Crippen LogP contribution in [0.25, 0.3) is 0 Å². The first kappa shape index (κ1) is 21.2. The van der Waals surface area contributed by atoms with E-state index in [1.165, 1.54) is 5.56 Å². The average molecular weight is 401 g/mol. The molecule has 26 heavy (non-hydrogen) atoms. The molecule has 7 heteroatoms. The van der Waals surface area contributed by atoms with Gasteiger partial charge >= 0.3 is 0 Å². The van der Waals surface area contributed by atoms with E-state index < -0.39 is 9.84 Å². The Bertz CT molecular complexity index is 690. The molecular weight excluding hydrogens is 372 g/mol. The van der Waals surface area contributed by atoms with Crippen molar-refractivity contribution in [2.45, 2.75) is 43.3 Å². The summed E-state index contributed by atoms with van der Waals surface area (Å²) in [5.41, 5.74) is 7.12. The van der Waals surface area contributed by atoms with E-state index >= 15 is 0 Å². The second kappa shape index (κ2) is 9.20. The predicted octanol–water partition coefficient (Wildman–Crippen LogP) is 2.36. The maximum atomic E-state index is 12.6. The zero-order valence-electron chi connectivity index (χ0n) is 15.0. The first-order valence-corrected chi connectivity index (χ1v) is 11.0. The van der Waals surface area contributed by atoms with Crippen molar-refractivity contribution in [2.75, 3.05) is 25.4 Å². The van der Waals surface area contributed by atoms with Crippen LogP contribution in [0, 0.1) is 5.92 Å². The number of benzene rings is 1. The van der Waals surface area contributed by atoms with Gasteiger partial charge in [0.1, 0.15) is 0 Å². The lowest BCUT2D eigenvalue weighted by atomic mass is 9.89. The fourth-order valence-electron chi connectivity index (χ4n) is 4.19. The van der Waals surface area contributed by atoms with Crippen molar-refractivity contribution in [2.24, 2.45) is 11.7 Å². The molecule has 1 saturated heterocycles. The fourth-order valence-corrected chi connectivity index (χ4v) is 6.04. The molecule has 0 spiro atoms. The molecule has 2 atom stereocenters. The van der Waals surface area contributed by atoms with Crippen molar-refractivity contribution in [3.05, 3.63) is 35.9 Å². The Morgan fingerprint density at radius 2 is 1.77 bits per heavy atom. The Morgan fingerprint density at radius 1 is 1.12 bits per heavy atom. The van der Waals surface area contributed by atoms with Crippen molar-refractivity contribution in [3.63, 3.8) is 0 Å². The van der Waals surface area contributed by atoms with Crippen LogP contribution in [0.2, 0.25) is 0 Å². The first-order valence-electron chi connectivity index (χ1n) is 9.25. The monoisotopic (exact) mass is 400 g/mol. The number of rotatable bonds is 6. The van der Waals surface area contributed by atoms with E-state index in [0.29, 0.717) is 19.6 Å². The van der Waals surface area contributed by atoms with Crippen molar-refractivity contribution in [1.29, 1.82) is 0 Å². The Labute approximate surface area is 162 Å². The van der Waals surface area contributed by atoms with E-state index in [2.05, 4.69) is 12.1 Å². The van der Waals surface area contributed by atoms with Gasteiger partial charge in [-0.2, -0.15) is 0 Å². The SMILES string of the molecule is Cl.NC[C@@H]1CN(C(=O)CCS(=O)(=O)C2CCCC2)C[C@H]1c1ccccc1. The third-order valence-electron chi connectivity index (χ3n) is 5.73. The number of hydrogen-bond donors (Lipinski definition) is 1. The number of halogens is 1. The highest BCUT2D eigenvalue weighted by Crippen LogP contribution is 2.32. The summed E-state index contributed by atoms with van der Waals surface area (Å²) in [6, 6.07) is 10.1. The molecule has 1 amide bonds. The minimum Gasteiger partial charge on any atom is -0.342 e. The molecular formula is C19H29ClN2O3S. The first-order chi connectivity index (χ1) is 12.0. The van der Waals surface area contributed by atoms with Gasteiger partial charge in [-0.05, 0) is 30.9 Å². The standard InChI is InChI=1S/C19H28N2O3S.ClH/c20-12-16-13-21(14-18(16)15-6-2-1-3-7-15)19(22)10-11-25(23,24)17-8-4-5-9-17;/h1-3,6-7,16-18H,4-5,8-14,20H2;1H/t16-,18+;/m1./s1. The highest BCUT2D eigenvalue weighted by molar-refractivity contribution is 7.92. The van der Waals surface area contributed by atoms with Crippen LogP contribution in [-0.2, 0) is 14.6 Å². The summed E-state index contributed by atoms with van der Waals surface area (Å²) < 4.78 is 24.7. The van der Waals surface area contributed by atoms with Gasteiger partial charge in [-0.15, -0.1) is 12.4 Å².